The Morgan fingerprint density at radius 3 is 2.73 bits per heavy atom. The van der Waals surface area contributed by atoms with Crippen LogP contribution in [0, 0.1) is 0 Å². The lowest BCUT2D eigenvalue weighted by Crippen LogP contribution is -2.28. The zero-order chi connectivity index (χ0) is 11.0. The molecule has 0 bridgehead atoms. The Morgan fingerprint density at radius 1 is 1.40 bits per heavy atom. The summed E-state index contributed by atoms with van der Waals surface area (Å²) < 4.78 is 0. The van der Waals surface area contributed by atoms with Gasteiger partial charge in [-0.15, -0.1) is 0 Å². The van der Waals surface area contributed by atoms with Gasteiger partial charge in [0.25, 0.3) is 0 Å². The number of allylic oxidation sites excluding steroid dienone is 2. The average Bonchev–Trinajstić information content (AvgIpc) is 2.59. The predicted octanol–water partition coefficient (Wildman–Crippen LogP) is 2.33. The van der Waals surface area contributed by atoms with E-state index >= 15 is 0 Å². The lowest BCUT2D eigenvalue weighted by atomic mass is 10.0. The molecule has 1 aromatic rings. The van der Waals surface area contributed by atoms with Crippen molar-refractivity contribution < 1.29 is 0 Å². The van der Waals surface area contributed by atoms with Gasteiger partial charge in [0.1, 0.15) is 0 Å². The summed E-state index contributed by atoms with van der Waals surface area (Å²) in [5.74, 6) is 0. The predicted molar refractivity (Wildman–Crippen MR) is 62.2 cm³/mol. The van der Waals surface area contributed by atoms with Crippen LogP contribution in [0.25, 0.3) is 5.57 Å². The van der Waals surface area contributed by atoms with Gasteiger partial charge in [-0.2, -0.15) is 5.10 Å². The maximum absolute atomic E-state index is 4.31. The van der Waals surface area contributed by atoms with E-state index in [2.05, 4.69) is 28.3 Å². The normalized spacial score (nSPS) is 14.9. The topological polar surface area (TPSA) is 31.9 Å². The molecule has 80 valence electrons. The Balaban J connectivity index is 2.34. The molecule has 1 aliphatic heterocycles. The maximum Gasteiger partial charge on any atom is 0.0924 e. The highest BCUT2D eigenvalue weighted by Gasteiger charge is 2.21. The molecule has 1 aliphatic rings. The van der Waals surface area contributed by atoms with Gasteiger partial charge in [-0.1, -0.05) is 13.2 Å². The molecule has 0 fully saturated rings. The SMILES string of the molecule is C=C(C)c1n[nH]c2c1CN(C(=C)C)CC2. The summed E-state index contributed by atoms with van der Waals surface area (Å²) >= 11 is 0. The summed E-state index contributed by atoms with van der Waals surface area (Å²) in [5.41, 5.74) is 5.71. The molecule has 1 aromatic heterocycles. The average molecular weight is 203 g/mol. The van der Waals surface area contributed by atoms with Crippen molar-refractivity contribution >= 4 is 5.57 Å². The molecule has 15 heavy (non-hydrogen) atoms. The van der Waals surface area contributed by atoms with Crippen LogP contribution < -0.4 is 0 Å². The second kappa shape index (κ2) is 3.57. The summed E-state index contributed by atoms with van der Waals surface area (Å²) in [5, 5.41) is 7.41. The van der Waals surface area contributed by atoms with E-state index in [1.165, 1.54) is 11.3 Å². The minimum absolute atomic E-state index is 0.906. The molecule has 0 unspecified atom stereocenters. The molecule has 3 heteroatoms. The lowest BCUT2D eigenvalue weighted by molar-refractivity contribution is 0.323. The van der Waals surface area contributed by atoms with Gasteiger partial charge in [-0.05, 0) is 19.4 Å². The summed E-state index contributed by atoms with van der Waals surface area (Å²) in [7, 11) is 0. The third kappa shape index (κ3) is 1.69. The number of aromatic nitrogens is 2. The zero-order valence-electron chi connectivity index (χ0n) is 9.43. The minimum atomic E-state index is 0.906. The van der Waals surface area contributed by atoms with Crippen molar-refractivity contribution in [1.29, 1.82) is 0 Å². The van der Waals surface area contributed by atoms with Gasteiger partial charge in [0.2, 0.25) is 0 Å². The van der Waals surface area contributed by atoms with Crippen LogP contribution in [0.3, 0.4) is 0 Å². The summed E-state index contributed by atoms with van der Waals surface area (Å²) in [6.45, 7) is 13.9. The number of nitrogens with one attached hydrogen (secondary N) is 1. The van der Waals surface area contributed by atoms with Gasteiger partial charge in [-0.25, -0.2) is 0 Å². The van der Waals surface area contributed by atoms with E-state index in [-0.39, 0.29) is 0 Å². The van der Waals surface area contributed by atoms with Gasteiger partial charge in [0.05, 0.1) is 5.69 Å². The van der Waals surface area contributed by atoms with E-state index in [1.807, 2.05) is 13.8 Å². The third-order valence-corrected chi connectivity index (χ3v) is 2.88. The van der Waals surface area contributed by atoms with E-state index in [1.54, 1.807) is 0 Å². The molecule has 3 nitrogen and oxygen atoms in total. The second-order valence-corrected chi connectivity index (χ2v) is 4.22. The molecule has 0 aliphatic carbocycles. The van der Waals surface area contributed by atoms with Crippen LogP contribution >= 0.6 is 0 Å². The van der Waals surface area contributed by atoms with Crippen LogP contribution in [0.15, 0.2) is 18.9 Å². The van der Waals surface area contributed by atoms with Crippen molar-refractivity contribution in [2.24, 2.45) is 0 Å². The van der Waals surface area contributed by atoms with Gasteiger partial charge in [0, 0.05) is 36.5 Å². The highest BCUT2D eigenvalue weighted by molar-refractivity contribution is 5.62. The largest absolute Gasteiger partial charge is 0.371 e. The van der Waals surface area contributed by atoms with Crippen LogP contribution in [-0.2, 0) is 13.0 Å². The maximum atomic E-state index is 4.31. The molecular formula is C12H17N3. The molecule has 0 saturated heterocycles. The summed E-state index contributed by atoms with van der Waals surface area (Å²) in [6, 6.07) is 0. The lowest BCUT2D eigenvalue weighted by Gasteiger charge is -2.29. The van der Waals surface area contributed by atoms with E-state index < -0.39 is 0 Å². The quantitative estimate of drug-likeness (QED) is 0.800. The smallest absolute Gasteiger partial charge is 0.0924 e. The number of H-pyrrole nitrogens is 1. The Morgan fingerprint density at radius 2 is 2.13 bits per heavy atom. The fraction of sp³-hybridized carbons (Fsp3) is 0.417. The Kier molecular flexibility index (Phi) is 2.39. The first kappa shape index (κ1) is 10.0. The highest BCUT2D eigenvalue weighted by Crippen LogP contribution is 2.25. The Labute approximate surface area is 90.5 Å². The Hall–Kier alpha value is -1.51. The molecule has 1 N–H and O–H groups in total. The van der Waals surface area contributed by atoms with Crippen molar-refractivity contribution in [2.75, 3.05) is 6.54 Å². The minimum Gasteiger partial charge on any atom is -0.371 e. The number of hydrogen-bond donors (Lipinski definition) is 1. The molecule has 0 radical (unpaired) electrons. The van der Waals surface area contributed by atoms with Crippen molar-refractivity contribution in [1.82, 2.24) is 15.1 Å². The van der Waals surface area contributed by atoms with Gasteiger partial charge < -0.3 is 4.90 Å². The van der Waals surface area contributed by atoms with Gasteiger partial charge in [-0.3, -0.25) is 5.10 Å². The third-order valence-electron chi connectivity index (χ3n) is 2.88. The van der Waals surface area contributed by atoms with Crippen LogP contribution in [-0.4, -0.2) is 21.6 Å². The molecule has 0 atom stereocenters. The van der Waals surface area contributed by atoms with Crippen LogP contribution in [0.4, 0.5) is 0 Å². The second-order valence-electron chi connectivity index (χ2n) is 4.22. The first-order valence-electron chi connectivity index (χ1n) is 5.22. The zero-order valence-corrected chi connectivity index (χ0v) is 9.43. The van der Waals surface area contributed by atoms with Crippen molar-refractivity contribution in [3.8, 4) is 0 Å². The van der Waals surface area contributed by atoms with Crippen LogP contribution in [0.1, 0.15) is 30.8 Å². The molecule has 0 amide bonds. The van der Waals surface area contributed by atoms with Crippen LogP contribution in [0.2, 0.25) is 0 Å². The molecule has 0 aromatic carbocycles. The number of fused-ring (bicyclic) bond motifs is 1. The number of hydrogen-bond acceptors (Lipinski definition) is 2. The van der Waals surface area contributed by atoms with Crippen molar-refractivity contribution in [3.05, 3.63) is 35.8 Å². The molecule has 2 rings (SSSR count). The van der Waals surface area contributed by atoms with E-state index in [0.717, 1.165) is 36.5 Å². The van der Waals surface area contributed by atoms with Gasteiger partial charge in [0.15, 0.2) is 0 Å². The first-order chi connectivity index (χ1) is 7.09. The van der Waals surface area contributed by atoms with Crippen molar-refractivity contribution in [3.63, 3.8) is 0 Å². The monoisotopic (exact) mass is 203 g/mol. The number of nitrogens with zero attached hydrogens (tertiary/aromatic N) is 2. The highest BCUT2D eigenvalue weighted by atomic mass is 15.2. The summed E-state index contributed by atoms with van der Waals surface area (Å²) in [4.78, 5) is 2.28. The van der Waals surface area contributed by atoms with Crippen molar-refractivity contribution in [2.45, 2.75) is 26.8 Å². The van der Waals surface area contributed by atoms with E-state index in [9.17, 15) is 0 Å². The summed E-state index contributed by atoms with van der Waals surface area (Å²) in [6.07, 6.45) is 1.02. The Bertz CT molecular complexity index is 415. The number of rotatable bonds is 2. The molecule has 0 saturated carbocycles. The molecule has 0 spiro atoms. The van der Waals surface area contributed by atoms with Gasteiger partial charge >= 0.3 is 0 Å². The standard InChI is InChI=1S/C12H17N3/c1-8(2)12-10-7-15(9(3)4)6-5-11(10)13-14-12/h1,3,5-7H2,2,4H3,(H,13,14). The first-order valence-corrected chi connectivity index (χ1v) is 5.22. The fourth-order valence-electron chi connectivity index (χ4n) is 1.97. The number of aromatic amines is 1. The fourth-order valence-corrected chi connectivity index (χ4v) is 1.97. The van der Waals surface area contributed by atoms with E-state index in [4.69, 9.17) is 0 Å². The van der Waals surface area contributed by atoms with Crippen LogP contribution in [0.5, 0.6) is 0 Å². The molecular weight excluding hydrogens is 186 g/mol. The molecule has 2 heterocycles. The van der Waals surface area contributed by atoms with E-state index in [0.29, 0.717) is 0 Å².